The molecule has 7 nitrogen and oxygen atoms in total. The fourth-order valence-corrected chi connectivity index (χ4v) is 5.41. The molecule has 0 aliphatic carbocycles. The molecule has 0 saturated heterocycles. The van der Waals surface area contributed by atoms with E-state index in [-0.39, 0.29) is 30.4 Å². The van der Waals surface area contributed by atoms with Crippen molar-refractivity contribution >= 4 is 56.8 Å². The number of thiophene rings is 2. The predicted octanol–water partition coefficient (Wildman–Crippen LogP) is 3.96. The monoisotopic (exact) mass is 449 g/mol. The highest BCUT2D eigenvalue weighted by atomic mass is 32.1. The fraction of sp³-hybridized carbons (Fsp3) is 0.263. The van der Waals surface area contributed by atoms with Gasteiger partial charge in [-0.15, -0.1) is 34.0 Å². The second-order valence-electron chi connectivity index (χ2n) is 5.91. The zero-order chi connectivity index (χ0) is 21.0. The number of nitrogens with zero attached hydrogens (tertiary/aromatic N) is 1. The molecule has 0 aliphatic rings. The molecule has 0 aliphatic heterocycles. The smallest absolute Gasteiger partial charge is 0.341 e. The molecule has 0 aromatic carbocycles. The number of hydrogen-bond acceptors (Lipinski definition) is 8. The van der Waals surface area contributed by atoms with Gasteiger partial charge >= 0.3 is 5.97 Å². The molecule has 0 fully saturated rings. The molecular formula is C19H19N3O4S3. The zero-order valence-electron chi connectivity index (χ0n) is 16.0. The van der Waals surface area contributed by atoms with Gasteiger partial charge in [0.15, 0.2) is 0 Å². The van der Waals surface area contributed by atoms with E-state index < -0.39 is 5.97 Å². The molecule has 0 saturated carbocycles. The normalized spacial score (nSPS) is 10.6. The second-order valence-corrected chi connectivity index (χ2v) is 8.73. The lowest BCUT2D eigenvalue weighted by molar-refractivity contribution is -0.115. The Morgan fingerprint density at radius 2 is 2.03 bits per heavy atom. The molecule has 3 rings (SSSR count). The van der Waals surface area contributed by atoms with Crippen molar-refractivity contribution in [2.75, 3.05) is 19.0 Å². The van der Waals surface area contributed by atoms with E-state index in [1.807, 2.05) is 22.9 Å². The first-order valence-corrected chi connectivity index (χ1v) is 11.3. The largest absolute Gasteiger partial charge is 0.462 e. The third-order valence-corrected chi connectivity index (χ3v) is 7.07. The number of ether oxygens (including phenoxy) is 1. The predicted molar refractivity (Wildman–Crippen MR) is 116 cm³/mol. The van der Waals surface area contributed by atoms with Crippen LogP contribution in [0.25, 0.3) is 9.88 Å². The van der Waals surface area contributed by atoms with E-state index in [9.17, 15) is 14.4 Å². The van der Waals surface area contributed by atoms with Crippen molar-refractivity contribution in [2.24, 2.45) is 0 Å². The number of anilines is 1. The summed E-state index contributed by atoms with van der Waals surface area (Å²) in [5.41, 5.74) is 1.34. The first-order chi connectivity index (χ1) is 13.9. The standard InChI is InChI=1S/C19H19N3O4S3/c1-4-26-19(25)14-10(2)15(16(24)20-3)29-18(14)22-13(23)8-11-9-28-17(21-11)12-6-5-7-27-12/h5-7,9H,4,8H2,1-3H3,(H,20,24)(H,22,23). The lowest BCUT2D eigenvalue weighted by atomic mass is 10.1. The van der Waals surface area contributed by atoms with E-state index in [2.05, 4.69) is 15.6 Å². The third-order valence-electron chi connectivity index (χ3n) is 3.94. The van der Waals surface area contributed by atoms with Crippen molar-refractivity contribution in [3.05, 3.63) is 44.6 Å². The Bertz CT molecular complexity index is 1040. The molecule has 3 aromatic heterocycles. The van der Waals surface area contributed by atoms with Crippen LogP contribution >= 0.6 is 34.0 Å². The van der Waals surface area contributed by atoms with E-state index in [1.165, 1.54) is 18.4 Å². The number of hydrogen-bond donors (Lipinski definition) is 2. The first kappa shape index (κ1) is 21.2. The molecule has 0 atom stereocenters. The summed E-state index contributed by atoms with van der Waals surface area (Å²) in [4.78, 5) is 43.0. The quantitative estimate of drug-likeness (QED) is 0.532. The topological polar surface area (TPSA) is 97.4 Å². The van der Waals surface area contributed by atoms with Crippen LogP contribution in [0.3, 0.4) is 0 Å². The van der Waals surface area contributed by atoms with Crippen LogP contribution in [-0.2, 0) is 16.0 Å². The number of amides is 2. The van der Waals surface area contributed by atoms with Crippen molar-refractivity contribution in [2.45, 2.75) is 20.3 Å². The number of rotatable bonds is 7. The molecular weight excluding hydrogens is 430 g/mol. The number of aromatic nitrogens is 1. The van der Waals surface area contributed by atoms with Gasteiger partial charge < -0.3 is 15.4 Å². The maximum absolute atomic E-state index is 12.6. The lowest BCUT2D eigenvalue weighted by Crippen LogP contribution is -2.18. The van der Waals surface area contributed by atoms with Gasteiger partial charge in [-0.3, -0.25) is 9.59 Å². The van der Waals surface area contributed by atoms with E-state index in [4.69, 9.17) is 4.74 Å². The van der Waals surface area contributed by atoms with Crippen LogP contribution in [0.15, 0.2) is 22.9 Å². The molecule has 0 spiro atoms. The number of carbonyl (C=O) groups excluding carboxylic acids is 3. The number of esters is 1. The van der Waals surface area contributed by atoms with Gasteiger partial charge in [-0.25, -0.2) is 9.78 Å². The number of carbonyl (C=O) groups is 3. The van der Waals surface area contributed by atoms with E-state index >= 15 is 0 Å². The van der Waals surface area contributed by atoms with Crippen molar-refractivity contribution in [3.63, 3.8) is 0 Å². The molecule has 0 unspecified atom stereocenters. The summed E-state index contributed by atoms with van der Waals surface area (Å²) in [6.07, 6.45) is 0.0659. The number of nitrogens with one attached hydrogen (secondary N) is 2. The SMILES string of the molecule is CCOC(=O)c1c(NC(=O)Cc2csc(-c3cccs3)n2)sc(C(=O)NC)c1C. The minimum Gasteiger partial charge on any atom is -0.462 e. The van der Waals surface area contributed by atoms with Gasteiger partial charge in [0.25, 0.3) is 5.91 Å². The van der Waals surface area contributed by atoms with Crippen LogP contribution in [0, 0.1) is 6.92 Å². The summed E-state index contributed by atoms with van der Waals surface area (Å²) >= 11 is 4.12. The van der Waals surface area contributed by atoms with Crippen molar-refractivity contribution in [1.82, 2.24) is 10.3 Å². The maximum atomic E-state index is 12.6. The molecule has 152 valence electrons. The van der Waals surface area contributed by atoms with Gasteiger partial charge in [0, 0.05) is 12.4 Å². The van der Waals surface area contributed by atoms with Crippen LogP contribution in [-0.4, -0.2) is 36.4 Å². The molecule has 29 heavy (non-hydrogen) atoms. The molecule has 2 N–H and O–H groups in total. The Morgan fingerprint density at radius 3 is 2.69 bits per heavy atom. The minimum absolute atomic E-state index is 0.0659. The first-order valence-electron chi connectivity index (χ1n) is 8.75. The summed E-state index contributed by atoms with van der Waals surface area (Å²) in [6.45, 7) is 3.56. The molecule has 0 bridgehead atoms. The minimum atomic E-state index is -0.569. The van der Waals surface area contributed by atoms with E-state index in [1.54, 1.807) is 25.2 Å². The van der Waals surface area contributed by atoms with Crippen LogP contribution < -0.4 is 10.6 Å². The highest BCUT2D eigenvalue weighted by Gasteiger charge is 2.26. The van der Waals surface area contributed by atoms with Gasteiger partial charge in [-0.05, 0) is 30.9 Å². The Morgan fingerprint density at radius 1 is 1.24 bits per heavy atom. The van der Waals surface area contributed by atoms with Crippen molar-refractivity contribution < 1.29 is 19.1 Å². The van der Waals surface area contributed by atoms with E-state index in [0.717, 1.165) is 21.2 Å². The van der Waals surface area contributed by atoms with Crippen molar-refractivity contribution in [3.8, 4) is 9.88 Å². The molecule has 0 radical (unpaired) electrons. The molecule has 2 amide bonds. The maximum Gasteiger partial charge on any atom is 0.341 e. The van der Waals surface area contributed by atoms with Gasteiger partial charge in [0.1, 0.15) is 10.0 Å². The highest BCUT2D eigenvalue weighted by molar-refractivity contribution is 7.20. The second kappa shape index (κ2) is 9.29. The van der Waals surface area contributed by atoms with E-state index in [0.29, 0.717) is 21.1 Å². The Kier molecular flexibility index (Phi) is 6.78. The highest BCUT2D eigenvalue weighted by Crippen LogP contribution is 2.34. The lowest BCUT2D eigenvalue weighted by Gasteiger charge is -2.06. The fourth-order valence-electron chi connectivity index (χ4n) is 2.62. The van der Waals surface area contributed by atoms with Gasteiger partial charge in [-0.2, -0.15) is 0 Å². The van der Waals surface area contributed by atoms with Gasteiger partial charge in [0.05, 0.1) is 34.0 Å². The van der Waals surface area contributed by atoms with Crippen LogP contribution in [0.5, 0.6) is 0 Å². The van der Waals surface area contributed by atoms with Crippen molar-refractivity contribution in [1.29, 1.82) is 0 Å². The van der Waals surface area contributed by atoms with Crippen LogP contribution in [0.1, 0.15) is 38.2 Å². The summed E-state index contributed by atoms with van der Waals surface area (Å²) < 4.78 is 5.10. The Hall–Kier alpha value is -2.56. The van der Waals surface area contributed by atoms with Gasteiger partial charge in [0.2, 0.25) is 5.91 Å². The summed E-state index contributed by atoms with van der Waals surface area (Å²) in [5, 5.41) is 10.3. The molecule has 3 aromatic rings. The average molecular weight is 450 g/mol. The number of thiazole rings is 1. The van der Waals surface area contributed by atoms with Crippen LogP contribution in [0.4, 0.5) is 5.00 Å². The molecule has 10 heteroatoms. The summed E-state index contributed by atoms with van der Waals surface area (Å²) in [6, 6.07) is 3.93. The van der Waals surface area contributed by atoms with Crippen LogP contribution in [0.2, 0.25) is 0 Å². The third kappa shape index (κ3) is 4.72. The summed E-state index contributed by atoms with van der Waals surface area (Å²) in [7, 11) is 1.51. The average Bonchev–Trinajstić information content (AvgIpc) is 3.41. The summed E-state index contributed by atoms with van der Waals surface area (Å²) in [5.74, 6) is -1.21. The molecule has 3 heterocycles. The Balaban J connectivity index is 1.80. The Labute approximate surface area is 179 Å². The van der Waals surface area contributed by atoms with Gasteiger partial charge in [-0.1, -0.05) is 6.07 Å². The zero-order valence-corrected chi connectivity index (χ0v) is 18.5.